The van der Waals surface area contributed by atoms with Gasteiger partial charge in [0, 0.05) is 34.4 Å². The first kappa shape index (κ1) is 16.3. The van der Waals surface area contributed by atoms with Gasteiger partial charge in [-0.2, -0.15) is 0 Å². The van der Waals surface area contributed by atoms with E-state index in [2.05, 4.69) is 19.7 Å². The van der Waals surface area contributed by atoms with E-state index in [4.69, 9.17) is 23.2 Å². The van der Waals surface area contributed by atoms with E-state index >= 15 is 0 Å². The molecule has 0 bridgehead atoms. The molecule has 1 atom stereocenters. The van der Waals surface area contributed by atoms with Crippen molar-refractivity contribution in [2.24, 2.45) is 0 Å². The minimum absolute atomic E-state index is 0.292. The molecule has 0 spiro atoms. The van der Waals surface area contributed by atoms with Gasteiger partial charge in [-0.1, -0.05) is 41.0 Å². The molecule has 2 aromatic heterocycles. The molecule has 24 heavy (non-hydrogen) atoms. The van der Waals surface area contributed by atoms with Crippen molar-refractivity contribution in [2.75, 3.05) is 11.5 Å². The molecule has 0 radical (unpaired) electrons. The van der Waals surface area contributed by atoms with Gasteiger partial charge >= 0.3 is 0 Å². The quantitative estimate of drug-likeness (QED) is 0.576. The molecule has 1 aliphatic heterocycles. The number of hydrogen-bond donors (Lipinski definition) is 0. The summed E-state index contributed by atoms with van der Waals surface area (Å²) >= 11 is 15.9. The Bertz CT molecular complexity index is 850. The standard InChI is InChI=1S/C16H12Cl2N4S2/c17-12-2-1-3-13(18)14(12)23-8-11-9-24-16-21-20-15(22(11)16)10-4-6-19-7-5-10/h1-7,11H,8-9H2. The topological polar surface area (TPSA) is 43.6 Å². The molecule has 1 aromatic carbocycles. The molecule has 122 valence electrons. The van der Waals surface area contributed by atoms with Crippen LogP contribution in [-0.4, -0.2) is 31.3 Å². The Hall–Kier alpha value is -1.21. The maximum absolute atomic E-state index is 6.27. The number of fused-ring (bicyclic) bond motifs is 1. The van der Waals surface area contributed by atoms with Crippen LogP contribution in [0.5, 0.6) is 0 Å². The van der Waals surface area contributed by atoms with E-state index in [1.807, 2.05) is 30.3 Å². The molecule has 3 aromatic rings. The number of aromatic nitrogens is 4. The van der Waals surface area contributed by atoms with E-state index in [0.29, 0.717) is 16.1 Å². The summed E-state index contributed by atoms with van der Waals surface area (Å²) in [6.07, 6.45) is 3.54. The fourth-order valence-corrected chi connectivity index (χ4v) is 5.56. The Morgan fingerprint density at radius 3 is 2.62 bits per heavy atom. The van der Waals surface area contributed by atoms with Crippen LogP contribution >= 0.6 is 46.7 Å². The normalized spacial score (nSPS) is 16.3. The summed E-state index contributed by atoms with van der Waals surface area (Å²) < 4.78 is 2.21. The summed E-state index contributed by atoms with van der Waals surface area (Å²) in [4.78, 5) is 5.00. The van der Waals surface area contributed by atoms with Crippen LogP contribution in [0.3, 0.4) is 0 Å². The van der Waals surface area contributed by atoms with Gasteiger partial charge in [-0.3, -0.25) is 9.55 Å². The largest absolute Gasteiger partial charge is 0.297 e. The Labute approximate surface area is 158 Å². The molecule has 8 heteroatoms. The molecule has 0 N–H and O–H groups in total. The zero-order valence-electron chi connectivity index (χ0n) is 12.4. The van der Waals surface area contributed by atoms with Crippen LogP contribution < -0.4 is 0 Å². The van der Waals surface area contributed by atoms with Crippen molar-refractivity contribution >= 4 is 46.7 Å². The summed E-state index contributed by atoms with van der Waals surface area (Å²) in [7, 11) is 0. The van der Waals surface area contributed by atoms with Crippen molar-refractivity contribution < 1.29 is 0 Å². The predicted molar refractivity (Wildman–Crippen MR) is 100 cm³/mol. The second kappa shape index (κ2) is 6.96. The molecule has 0 fully saturated rings. The van der Waals surface area contributed by atoms with Gasteiger partial charge in [0.2, 0.25) is 0 Å². The van der Waals surface area contributed by atoms with E-state index < -0.39 is 0 Å². The van der Waals surface area contributed by atoms with Crippen molar-refractivity contribution in [3.05, 3.63) is 52.8 Å². The highest BCUT2D eigenvalue weighted by Gasteiger charge is 2.28. The third kappa shape index (κ3) is 3.04. The summed E-state index contributed by atoms with van der Waals surface area (Å²) in [5.41, 5.74) is 1.03. The smallest absolute Gasteiger partial charge is 0.191 e. The molecule has 3 heterocycles. The number of benzene rings is 1. The van der Waals surface area contributed by atoms with Crippen LogP contribution in [0.15, 0.2) is 52.8 Å². The van der Waals surface area contributed by atoms with E-state index in [-0.39, 0.29) is 0 Å². The molecule has 0 saturated heterocycles. The second-order valence-corrected chi connectivity index (χ2v) is 8.07. The van der Waals surface area contributed by atoms with Crippen LogP contribution in [0, 0.1) is 0 Å². The predicted octanol–water partition coefficient (Wildman–Crippen LogP) is 5.09. The first-order chi connectivity index (χ1) is 11.7. The average molecular weight is 395 g/mol. The first-order valence-electron chi connectivity index (χ1n) is 7.29. The maximum atomic E-state index is 6.27. The van der Waals surface area contributed by atoms with Crippen molar-refractivity contribution in [3.8, 4) is 11.4 Å². The monoisotopic (exact) mass is 394 g/mol. The lowest BCUT2D eigenvalue weighted by Crippen LogP contribution is -2.11. The Morgan fingerprint density at radius 2 is 1.88 bits per heavy atom. The highest BCUT2D eigenvalue weighted by Crippen LogP contribution is 2.41. The average Bonchev–Trinajstić information content (AvgIpc) is 3.18. The molecule has 4 nitrogen and oxygen atoms in total. The van der Waals surface area contributed by atoms with Crippen LogP contribution in [-0.2, 0) is 0 Å². The van der Waals surface area contributed by atoms with Gasteiger partial charge in [-0.05, 0) is 24.3 Å². The van der Waals surface area contributed by atoms with Gasteiger partial charge in [-0.25, -0.2) is 0 Å². The molecule has 0 aliphatic carbocycles. The Morgan fingerprint density at radius 1 is 1.12 bits per heavy atom. The maximum Gasteiger partial charge on any atom is 0.191 e. The van der Waals surface area contributed by atoms with Crippen molar-refractivity contribution in [1.82, 2.24) is 19.7 Å². The van der Waals surface area contributed by atoms with Crippen LogP contribution in [0.2, 0.25) is 10.0 Å². The lowest BCUT2D eigenvalue weighted by molar-refractivity contribution is 0.597. The summed E-state index contributed by atoms with van der Waals surface area (Å²) in [6, 6.07) is 9.79. The summed E-state index contributed by atoms with van der Waals surface area (Å²) in [6.45, 7) is 0. The number of pyridine rings is 1. The van der Waals surface area contributed by atoms with Gasteiger partial charge in [-0.15, -0.1) is 22.0 Å². The lowest BCUT2D eigenvalue weighted by atomic mass is 10.2. The van der Waals surface area contributed by atoms with Gasteiger partial charge in [0.05, 0.1) is 16.1 Å². The van der Waals surface area contributed by atoms with E-state index in [9.17, 15) is 0 Å². The second-order valence-electron chi connectivity index (χ2n) is 5.24. The van der Waals surface area contributed by atoms with Gasteiger partial charge in [0.25, 0.3) is 0 Å². The number of hydrogen-bond acceptors (Lipinski definition) is 5. The highest BCUT2D eigenvalue weighted by atomic mass is 35.5. The van der Waals surface area contributed by atoms with Gasteiger partial charge in [0.1, 0.15) is 0 Å². The molecule has 0 amide bonds. The van der Waals surface area contributed by atoms with Gasteiger partial charge in [0.15, 0.2) is 11.0 Å². The first-order valence-corrected chi connectivity index (χ1v) is 10.0. The Kier molecular flexibility index (Phi) is 4.72. The number of thioether (sulfide) groups is 2. The van der Waals surface area contributed by atoms with E-state index in [1.54, 1.807) is 35.9 Å². The molecule has 0 saturated carbocycles. The molecule has 4 rings (SSSR count). The molecular weight excluding hydrogens is 383 g/mol. The van der Waals surface area contributed by atoms with Gasteiger partial charge < -0.3 is 0 Å². The van der Waals surface area contributed by atoms with Crippen molar-refractivity contribution in [2.45, 2.75) is 16.1 Å². The molecular formula is C16H12Cl2N4S2. The lowest BCUT2D eigenvalue weighted by Gasteiger charge is -2.15. The number of nitrogens with zero attached hydrogens (tertiary/aromatic N) is 4. The van der Waals surface area contributed by atoms with Crippen molar-refractivity contribution in [1.29, 1.82) is 0 Å². The summed E-state index contributed by atoms with van der Waals surface area (Å²) in [5, 5.41) is 11.0. The third-order valence-corrected chi connectivity index (χ3v) is 6.93. The van der Waals surface area contributed by atoms with Crippen LogP contribution in [0.1, 0.15) is 6.04 Å². The Balaban J connectivity index is 1.59. The number of rotatable bonds is 4. The SMILES string of the molecule is Clc1cccc(Cl)c1SCC1CSc2nnc(-c3ccncc3)n21. The van der Waals surface area contributed by atoms with E-state index in [1.165, 1.54) is 0 Å². The fourth-order valence-electron chi connectivity index (χ4n) is 2.57. The molecule has 1 aliphatic rings. The molecule has 1 unspecified atom stereocenters. The zero-order valence-corrected chi connectivity index (χ0v) is 15.5. The van der Waals surface area contributed by atoms with Crippen LogP contribution in [0.4, 0.5) is 0 Å². The minimum atomic E-state index is 0.292. The van der Waals surface area contributed by atoms with Crippen LogP contribution in [0.25, 0.3) is 11.4 Å². The third-order valence-electron chi connectivity index (χ3n) is 3.71. The number of halogens is 2. The van der Waals surface area contributed by atoms with E-state index in [0.717, 1.165) is 32.9 Å². The van der Waals surface area contributed by atoms with Crippen molar-refractivity contribution in [3.63, 3.8) is 0 Å². The fraction of sp³-hybridized carbons (Fsp3) is 0.188. The zero-order chi connectivity index (χ0) is 16.5. The summed E-state index contributed by atoms with van der Waals surface area (Å²) in [5.74, 6) is 2.71. The minimum Gasteiger partial charge on any atom is -0.297 e. The highest BCUT2D eigenvalue weighted by molar-refractivity contribution is 8.00.